The molecule has 0 N–H and O–H groups in total. The van der Waals surface area contributed by atoms with Crippen molar-refractivity contribution in [3.8, 4) is 0 Å². The third kappa shape index (κ3) is 2.25. The molecule has 1 aliphatic carbocycles. The second kappa shape index (κ2) is 4.78. The van der Waals surface area contributed by atoms with Crippen molar-refractivity contribution in [2.24, 2.45) is 11.3 Å². The minimum absolute atomic E-state index is 0.451. The van der Waals surface area contributed by atoms with Gasteiger partial charge in [-0.3, -0.25) is 0 Å². The molecule has 2 heterocycles. The van der Waals surface area contributed by atoms with Gasteiger partial charge in [0.25, 0.3) is 0 Å². The number of nitrogens with zero attached hydrogens (tertiary/aromatic N) is 3. The summed E-state index contributed by atoms with van der Waals surface area (Å²) in [5.74, 6) is 2.39. The van der Waals surface area contributed by atoms with E-state index >= 15 is 0 Å². The van der Waals surface area contributed by atoms with Crippen LogP contribution in [0.15, 0.2) is 18.3 Å². The van der Waals surface area contributed by atoms with Crippen LogP contribution in [0.4, 0.5) is 0 Å². The fourth-order valence-electron chi connectivity index (χ4n) is 2.84. The smallest absolute Gasteiger partial charge is 0.160 e. The monoisotopic (exact) mass is 277 g/mol. The highest BCUT2D eigenvalue weighted by Crippen LogP contribution is 2.53. The Labute approximate surface area is 119 Å². The number of rotatable bonds is 5. The number of alkyl halides is 1. The first-order valence-electron chi connectivity index (χ1n) is 7.02. The maximum Gasteiger partial charge on any atom is 0.160 e. The number of pyridine rings is 1. The van der Waals surface area contributed by atoms with Crippen molar-refractivity contribution in [3.63, 3.8) is 0 Å². The van der Waals surface area contributed by atoms with E-state index in [1.54, 1.807) is 0 Å². The summed E-state index contributed by atoms with van der Waals surface area (Å²) < 4.78 is 2.30. The predicted octanol–water partition coefficient (Wildman–Crippen LogP) is 3.65. The third-order valence-electron chi connectivity index (χ3n) is 4.49. The molecule has 3 nitrogen and oxygen atoms in total. The number of hydrogen-bond acceptors (Lipinski definition) is 2. The predicted molar refractivity (Wildman–Crippen MR) is 78.5 cm³/mol. The Morgan fingerprint density at radius 2 is 2.21 bits per heavy atom. The van der Waals surface area contributed by atoms with Gasteiger partial charge in [-0.1, -0.05) is 13.8 Å². The second-order valence-electron chi connectivity index (χ2n) is 5.92. The van der Waals surface area contributed by atoms with Crippen molar-refractivity contribution >= 4 is 22.8 Å². The Kier molecular flexibility index (Phi) is 3.25. The molecule has 0 aromatic carbocycles. The summed E-state index contributed by atoms with van der Waals surface area (Å²) in [6, 6.07) is 3.98. The van der Waals surface area contributed by atoms with E-state index in [-0.39, 0.29) is 0 Å². The first-order valence-corrected chi connectivity index (χ1v) is 7.56. The highest BCUT2D eigenvalue weighted by atomic mass is 35.5. The minimum atomic E-state index is 0.451. The average molecular weight is 278 g/mol. The molecule has 3 rings (SSSR count). The normalized spacial score (nSPS) is 17.3. The Hall–Kier alpha value is -1.09. The Morgan fingerprint density at radius 3 is 2.84 bits per heavy atom. The van der Waals surface area contributed by atoms with Crippen LogP contribution in [0.5, 0.6) is 0 Å². The van der Waals surface area contributed by atoms with Crippen LogP contribution in [0.3, 0.4) is 0 Å². The highest BCUT2D eigenvalue weighted by molar-refractivity contribution is 6.17. The summed E-state index contributed by atoms with van der Waals surface area (Å²) in [4.78, 5) is 9.20. The van der Waals surface area contributed by atoms with Crippen LogP contribution in [-0.4, -0.2) is 20.4 Å². The minimum Gasteiger partial charge on any atom is -0.312 e. The maximum absolute atomic E-state index is 5.91. The second-order valence-corrected chi connectivity index (χ2v) is 6.29. The molecular formula is C15H20ClN3. The highest BCUT2D eigenvalue weighted by Gasteiger charge is 2.46. The zero-order chi connectivity index (χ0) is 13.5. The van der Waals surface area contributed by atoms with Crippen molar-refractivity contribution in [1.82, 2.24) is 14.5 Å². The zero-order valence-corrected chi connectivity index (χ0v) is 12.3. The van der Waals surface area contributed by atoms with Gasteiger partial charge >= 0.3 is 0 Å². The van der Waals surface area contributed by atoms with Crippen LogP contribution in [0.25, 0.3) is 11.2 Å². The van der Waals surface area contributed by atoms with Gasteiger partial charge in [0, 0.05) is 25.0 Å². The number of aryl methyl sites for hydroxylation is 1. The molecule has 4 heteroatoms. The molecule has 0 radical (unpaired) electrons. The van der Waals surface area contributed by atoms with E-state index in [2.05, 4.69) is 28.4 Å². The molecule has 1 aliphatic rings. The average Bonchev–Trinajstić information content (AvgIpc) is 3.10. The van der Waals surface area contributed by atoms with E-state index in [0.717, 1.165) is 30.0 Å². The molecule has 2 aromatic heterocycles. The molecule has 2 aromatic rings. The standard InChI is InChI=1S/C15H20ClN3/c1-11(2)15(6-7-15)10-19-13(5-8-16)18-12-4-3-9-17-14(12)19/h3-4,9,11H,5-8,10H2,1-2H3. The molecule has 0 spiro atoms. The largest absolute Gasteiger partial charge is 0.312 e. The number of fused-ring (bicyclic) bond motifs is 1. The van der Waals surface area contributed by atoms with Crippen LogP contribution in [0.1, 0.15) is 32.5 Å². The third-order valence-corrected chi connectivity index (χ3v) is 4.68. The lowest BCUT2D eigenvalue weighted by Gasteiger charge is -2.21. The number of hydrogen-bond donors (Lipinski definition) is 0. The van der Waals surface area contributed by atoms with E-state index in [4.69, 9.17) is 11.6 Å². The summed E-state index contributed by atoms with van der Waals surface area (Å²) in [6.45, 7) is 5.67. The van der Waals surface area contributed by atoms with Gasteiger partial charge < -0.3 is 4.57 Å². The molecule has 0 saturated heterocycles. The molecule has 1 fully saturated rings. The van der Waals surface area contributed by atoms with E-state index in [1.165, 1.54) is 12.8 Å². The quantitative estimate of drug-likeness (QED) is 0.781. The molecule has 1 saturated carbocycles. The summed E-state index contributed by atoms with van der Waals surface area (Å²) in [6.07, 6.45) is 5.29. The lowest BCUT2D eigenvalue weighted by Crippen LogP contribution is -2.19. The topological polar surface area (TPSA) is 30.7 Å². The molecule has 0 amide bonds. The maximum atomic E-state index is 5.91. The molecule has 19 heavy (non-hydrogen) atoms. The van der Waals surface area contributed by atoms with E-state index < -0.39 is 0 Å². The number of aromatic nitrogens is 3. The van der Waals surface area contributed by atoms with Gasteiger partial charge in [-0.2, -0.15) is 0 Å². The lowest BCUT2D eigenvalue weighted by atomic mass is 9.92. The van der Waals surface area contributed by atoms with Gasteiger partial charge in [-0.15, -0.1) is 11.6 Å². The van der Waals surface area contributed by atoms with Gasteiger partial charge in [0.1, 0.15) is 11.3 Å². The lowest BCUT2D eigenvalue weighted by molar-refractivity contribution is 0.308. The molecule has 0 bridgehead atoms. The van der Waals surface area contributed by atoms with E-state index in [0.29, 0.717) is 17.2 Å². The molecule has 0 atom stereocenters. The first-order chi connectivity index (χ1) is 9.16. The Bertz CT molecular complexity index is 584. The van der Waals surface area contributed by atoms with E-state index in [1.807, 2.05) is 18.3 Å². The van der Waals surface area contributed by atoms with Crippen LogP contribution < -0.4 is 0 Å². The summed E-state index contributed by atoms with van der Waals surface area (Å²) >= 11 is 5.91. The summed E-state index contributed by atoms with van der Waals surface area (Å²) in [5.41, 5.74) is 2.45. The molecule has 102 valence electrons. The van der Waals surface area contributed by atoms with Gasteiger partial charge in [0.15, 0.2) is 5.65 Å². The van der Waals surface area contributed by atoms with Gasteiger partial charge in [0.2, 0.25) is 0 Å². The van der Waals surface area contributed by atoms with Crippen molar-refractivity contribution in [1.29, 1.82) is 0 Å². The van der Waals surface area contributed by atoms with Crippen LogP contribution >= 0.6 is 11.6 Å². The fourth-order valence-corrected chi connectivity index (χ4v) is 3.01. The summed E-state index contributed by atoms with van der Waals surface area (Å²) in [7, 11) is 0. The molecule has 0 aliphatic heterocycles. The first kappa shape index (κ1) is 12.9. The Balaban J connectivity index is 2.02. The van der Waals surface area contributed by atoms with Crippen molar-refractivity contribution in [2.45, 2.75) is 39.7 Å². The van der Waals surface area contributed by atoms with Gasteiger partial charge in [-0.05, 0) is 36.3 Å². The van der Waals surface area contributed by atoms with Gasteiger partial charge in [-0.25, -0.2) is 9.97 Å². The summed E-state index contributed by atoms with van der Waals surface area (Å²) in [5, 5.41) is 0. The van der Waals surface area contributed by atoms with Crippen LogP contribution in [0.2, 0.25) is 0 Å². The molecular weight excluding hydrogens is 258 g/mol. The van der Waals surface area contributed by atoms with Crippen molar-refractivity contribution in [2.75, 3.05) is 5.88 Å². The van der Waals surface area contributed by atoms with Crippen molar-refractivity contribution < 1.29 is 0 Å². The van der Waals surface area contributed by atoms with Crippen LogP contribution in [0, 0.1) is 11.3 Å². The SMILES string of the molecule is CC(C)C1(Cn2c(CCCl)nc3cccnc32)CC1. The Morgan fingerprint density at radius 1 is 1.42 bits per heavy atom. The number of halogens is 1. The molecule has 0 unspecified atom stereocenters. The van der Waals surface area contributed by atoms with Gasteiger partial charge in [0.05, 0.1) is 0 Å². The van der Waals surface area contributed by atoms with Crippen LogP contribution in [-0.2, 0) is 13.0 Å². The van der Waals surface area contributed by atoms with Crippen molar-refractivity contribution in [3.05, 3.63) is 24.2 Å². The van der Waals surface area contributed by atoms with E-state index in [9.17, 15) is 0 Å². The fraction of sp³-hybridized carbons (Fsp3) is 0.600. The zero-order valence-electron chi connectivity index (χ0n) is 11.6. The number of imidazole rings is 1.